The SMILES string of the molecule is CCOc1ccc(NC(=O)c2ccc(C(=O)Nc3cc(C)on3)cc2)cc1. The van der Waals surface area contributed by atoms with Gasteiger partial charge in [-0.15, -0.1) is 0 Å². The number of hydrogen-bond acceptors (Lipinski definition) is 5. The fraction of sp³-hybridized carbons (Fsp3) is 0.150. The number of anilines is 2. The van der Waals surface area contributed by atoms with Crippen LogP contribution < -0.4 is 15.4 Å². The van der Waals surface area contributed by atoms with Gasteiger partial charge in [-0.1, -0.05) is 5.16 Å². The minimum Gasteiger partial charge on any atom is -0.494 e. The first-order valence-electron chi connectivity index (χ1n) is 8.44. The first-order valence-corrected chi connectivity index (χ1v) is 8.44. The summed E-state index contributed by atoms with van der Waals surface area (Å²) < 4.78 is 10.3. The zero-order valence-corrected chi connectivity index (χ0v) is 15.0. The zero-order valence-electron chi connectivity index (χ0n) is 15.0. The van der Waals surface area contributed by atoms with Crippen molar-refractivity contribution in [1.82, 2.24) is 5.16 Å². The van der Waals surface area contributed by atoms with Crippen molar-refractivity contribution in [2.75, 3.05) is 17.2 Å². The molecule has 2 aromatic carbocycles. The van der Waals surface area contributed by atoms with E-state index in [4.69, 9.17) is 9.26 Å². The summed E-state index contributed by atoms with van der Waals surface area (Å²) in [6, 6.07) is 15.1. The number of nitrogens with zero attached hydrogens (tertiary/aromatic N) is 1. The van der Waals surface area contributed by atoms with Gasteiger partial charge in [0, 0.05) is 22.9 Å². The number of carbonyl (C=O) groups is 2. The summed E-state index contributed by atoms with van der Waals surface area (Å²) in [6.07, 6.45) is 0. The molecule has 0 spiro atoms. The van der Waals surface area contributed by atoms with Crippen molar-refractivity contribution in [3.63, 3.8) is 0 Å². The molecule has 0 aliphatic heterocycles. The summed E-state index contributed by atoms with van der Waals surface area (Å²) in [5, 5.41) is 9.14. The van der Waals surface area contributed by atoms with Crippen molar-refractivity contribution in [2.24, 2.45) is 0 Å². The molecule has 0 aliphatic rings. The Bertz CT molecular complexity index is 931. The smallest absolute Gasteiger partial charge is 0.256 e. The van der Waals surface area contributed by atoms with Crippen molar-refractivity contribution < 1.29 is 18.8 Å². The third-order valence-electron chi connectivity index (χ3n) is 3.70. The van der Waals surface area contributed by atoms with Gasteiger partial charge in [-0.2, -0.15) is 0 Å². The van der Waals surface area contributed by atoms with Gasteiger partial charge in [-0.3, -0.25) is 9.59 Å². The molecule has 3 aromatic rings. The van der Waals surface area contributed by atoms with Gasteiger partial charge in [-0.25, -0.2) is 0 Å². The Morgan fingerprint density at radius 2 is 1.56 bits per heavy atom. The van der Waals surface area contributed by atoms with Crippen LogP contribution in [-0.4, -0.2) is 23.6 Å². The standard InChI is InChI=1S/C20H19N3O4/c1-3-26-17-10-8-16(9-11-17)21-19(24)14-4-6-15(7-5-14)20(25)22-18-12-13(2)27-23-18/h4-12H,3H2,1-2H3,(H,21,24)(H,22,23,25). The summed E-state index contributed by atoms with van der Waals surface area (Å²) >= 11 is 0. The number of amides is 2. The number of nitrogens with one attached hydrogen (secondary N) is 2. The summed E-state index contributed by atoms with van der Waals surface area (Å²) in [6.45, 7) is 4.23. The maximum absolute atomic E-state index is 12.3. The number of carbonyl (C=O) groups excluding carboxylic acids is 2. The van der Waals surface area contributed by atoms with Crippen molar-refractivity contribution in [2.45, 2.75) is 13.8 Å². The molecule has 2 amide bonds. The van der Waals surface area contributed by atoms with Crippen LogP contribution in [0.15, 0.2) is 59.1 Å². The van der Waals surface area contributed by atoms with Crippen LogP contribution in [0.5, 0.6) is 5.75 Å². The third-order valence-corrected chi connectivity index (χ3v) is 3.70. The lowest BCUT2D eigenvalue weighted by Gasteiger charge is -2.08. The Morgan fingerprint density at radius 3 is 2.07 bits per heavy atom. The topological polar surface area (TPSA) is 93.5 Å². The third kappa shape index (κ3) is 4.72. The molecular weight excluding hydrogens is 346 g/mol. The predicted molar refractivity (Wildman–Crippen MR) is 101 cm³/mol. The summed E-state index contributed by atoms with van der Waals surface area (Å²) in [4.78, 5) is 24.5. The van der Waals surface area contributed by atoms with Crippen LogP contribution in [0.1, 0.15) is 33.4 Å². The van der Waals surface area contributed by atoms with Gasteiger partial charge in [0.15, 0.2) is 5.82 Å². The number of hydrogen-bond donors (Lipinski definition) is 2. The fourth-order valence-corrected chi connectivity index (χ4v) is 2.39. The lowest BCUT2D eigenvalue weighted by Crippen LogP contribution is -2.14. The monoisotopic (exact) mass is 365 g/mol. The minimum absolute atomic E-state index is 0.266. The lowest BCUT2D eigenvalue weighted by atomic mass is 10.1. The Kier molecular flexibility index (Phi) is 5.51. The molecule has 0 saturated carbocycles. The van der Waals surface area contributed by atoms with E-state index in [0.717, 1.165) is 5.75 Å². The first-order chi connectivity index (χ1) is 13.0. The zero-order chi connectivity index (χ0) is 19.2. The van der Waals surface area contributed by atoms with E-state index in [1.165, 1.54) is 0 Å². The highest BCUT2D eigenvalue weighted by Gasteiger charge is 2.11. The predicted octanol–water partition coefficient (Wildman–Crippen LogP) is 3.89. The molecule has 0 bridgehead atoms. The van der Waals surface area contributed by atoms with E-state index in [9.17, 15) is 9.59 Å². The highest BCUT2D eigenvalue weighted by atomic mass is 16.5. The summed E-state index contributed by atoms with van der Waals surface area (Å²) in [5.74, 6) is 1.09. The molecule has 0 saturated heterocycles. The number of aromatic nitrogens is 1. The van der Waals surface area contributed by atoms with Crippen LogP contribution >= 0.6 is 0 Å². The maximum Gasteiger partial charge on any atom is 0.256 e. The van der Waals surface area contributed by atoms with Crippen LogP contribution in [0.25, 0.3) is 0 Å². The molecule has 0 fully saturated rings. The molecule has 138 valence electrons. The second kappa shape index (κ2) is 8.18. The molecule has 1 aromatic heterocycles. The number of benzene rings is 2. The van der Waals surface area contributed by atoms with Crippen molar-refractivity contribution in [1.29, 1.82) is 0 Å². The molecule has 0 unspecified atom stereocenters. The van der Waals surface area contributed by atoms with Gasteiger partial charge in [-0.05, 0) is 62.4 Å². The summed E-state index contributed by atoms with van der Waals surface area (Å²) in [7, 11) is 0. The van der Waals surface area contributed by atoms with Gasteiger partial charge in [0.1, 0.15) is 11.5 Å². The normalized spacial score (nSPS) is 10.3. The molecule has 1 heterocycles. The Balaban J connectivity index is 1.62. The highest BCUT2D eigenvalue weighted by molar-refractivity contribution is 6.07. The molecule has 7 nitrogen and oxygen atoms in total. The van der Waals surface area contributed by atoms with Crippen LogP contribution in [0.2, 0.25) is 0 Å². The van der Waals surface area contributed by atoms with E-state index >= 15 is 0 Å². The van der Waals surface area contributed by atoms with Crippen LogP contribution in [0.4, 0.5) is 11.5 Å². The van der Waals surface area contributed by atoms with E-state index < -0.39 is 0 Å². The average Bonchev–Trinajstić information content (AvgIpc) is 3.08. The Hall–Kier alpha value is -3.61. The second-order valence-electron chi connectivity index (χ2n) is 5.77. The average molecular weight is 365 g/mol. The summed E-state index contributed by atoms with van der Waals surface area (Å²) in [5.41, 5.74) is 1.51. The number of ether oxygens (including phenoxy) is 1. The molecule has 2 N–H and O–H groups in total. The molecular formula is C20H19N3O4. The van der Waals surface area contributed by atoms with Gasteiger partial charge >= 0.3 is 0 Å². The van der Waals surface area contributed by atoms with Gasteiger partial charge in [0.05, 0.1) is 6.61 Å². The Morgan fingerprint density at radius 1 is 0.963 bits per heavy atom. The van der Waals surface area contributed by atoms with Crippen molar-refractivity contribution in [3.05, 3.63) is 71.5 Å². The number of rotatable bonds is 6. The van der Waals surface area contributed by atoms with Crippen LogP contribution in [0, 0.1) is 6.92 Å². The number of aryl methyl sites for hydroxylation is 1. The van der Waals surface area contributed by atoms with E-state index in [2.05, 4.69) is 15.8 Å². The first kappa shape index (κ1) is 18.2. The maximum atomic E-state index is 12.3. The van der Waals surface area contributed by atoms with Crippen molar-refractivity contribution >= 4 is 23.3 Å². The van der Waals surface area contributed by atoms with Crippen molar-refractivity contribution in [3.8, 4) is 5.75 Å². The van der Waals surface area contributed by atoms with Gasteiger partial charge < -0.3 is 19.9 Å². The molecule has 3 rings (SSSR count). The molecule has 7 heteroatoms. The largest absolute Gasteiger partial charge is 0.494 e. The fourth-order valence-electron chi connectivity index (χ4n) is 2.39. The molecule has 0 aliphatic carbocycles. The molecule has 27 heavy (non-hydrogen) atoms. The van der Waals surface area contributed by atoms with E-state index in [1.807, 2.05) is 6.92 Å². The van der Waals surface area contributed by atoms with E-state index in [-0.39, 0.29) is 11.8 Å². The van der Waals surface area contributed by atoms with E-state index in [0.29, 0.717) is 35.0 Å². The molecule has 0 radical (unpaired) electrons. The van der Waals surface area contributed by atoms with Crippen LogP contribution in [0.3, 0.4) is 0 Å². The van der Waals surface area contributed by atoms with Gasteiger partial charge in [0.25, 0.3) is 11.8 Å². The second-order valence-corrected chi connectivity index (χ2v) is 5.77. The molecule has 0 atom stereocenters. The quantitative estimate of drug-likeness (QED) is 0.691. The minimum atomic E-state index is -0.332. The Labute approximate surface area is 156 Å². The van der Waals surface area contributed by atoms with E-state index in [1.54, 1.807) is 61.5 Å². The van der Waals surface area contributed by atoms with Gasteiger partial charge in [0.2, 0.25) is 0 Å². The van der Waals surface area contributed by atoms with Crippen LogP contribution in [-0.2, 0) is 0 Å². The highest BCUT2D eigenvalue weighted by Crippen LogP contribution is 2.17. The lowest BCUT2D eigenvalue weighted by molar-refractivity contribution is 0.101.